The van der Waals surface area contributed by atoms with E-state index in [-0.39, 0.29) is 12.1 Å². The molecule has 0 radical (unpaired) electrons. The molecule has 0 aromatic rings. The van der Waals surface area contributed by atoms with E-state index >= 15 is 0 Å². The lowest BCUT2D eigenvalue weighted by molar-refractivity contribution is -0.150. The van der Waals surface area contributed by atoms with Gasteiger partial charge >= 0.3 is 11.9 Å². The number of esters is 1. The molecule has 0 spiro atoms. The number of carbonyl (C=O) groups excluding carboxylic acids is 1. The van der Waals surface area contributed by atoms with Crippen molar-refractivity contribution in [1.29, 1.82) is 0 Å². The molecule has 0 aromatic carbocycles. The maximum Gasteiger partial charge on any atom is 0.306 e. The van der Waals surface area contributed by atoms with Gasteiger partial charge in [0.15, 0.2) is 0 Å². The van der Waals surface area contributed by atoms with Crippen LogP contribution in [0.2, 0.25) is 0 Å². The Kier molecular flexibility index (Phi) is 29.7. The first-order chi connectivity index (χ1) is 19.1. The van der Waals surface area contributed by atoms with Gasteiger partial charge in [0.05, 0.1) is 0 Å². The topological polar surface area (TPSA) is 63.6 Å². The molecular formula is C35H64O4. The van der Waals surface area contributed by atoms with Gasteiger partial charge in [-0.25, -0.2) is 0 Å². The van der Waals surface area contributed by atoms with Crippen molar-refractivity contribution in [3.63, 3.8) is 0 Å². The van der Waals surface area contributed by atoms with E-state index in [0.717, 1.165) is 64.2 Å². The van der Waals surface area contributed by atoms with Crippen molar-refractivity contribution in [2.45, 2.75) is 187 Å². The molecule has 0 bridgehead atoms. The van der Waals surface area contributed by atoms with Crippen LogP contribution in [0.5, 0.6) is 0 Å². The average Bonchev–Trinajstić information content (AvgIpc) is 2.91. The van der Waals surface area contributed by atoms with Crippen molar-refractivity contribution >= 4 is 11.9 Å². The standard InChI is InChI=1S/C35H64O4/c1-3-5-6-7-8-9-10-11-12-13-14-15-16-17-22-25-28-32-35(38)39-33(29-4-2)30-26-23-20-18-19-21-24-27-31-34(36)37/h8-9,11-12,33H,3-7,10,13-32H2,1-2H3,(H,36,37)/b9-8-,12-11-. The molecule has 4 nitrogen and oxygen atoms in total. The molecular weight excluding hydrogens is 484 g/mol. The minimum absolute atomic E-state index is 0.00241. The van der Waals surface area contributed by atoms with Gasteiger partial charge in [-0.2, -0.15) is 0 Å². The van der Waals surface area contributed by atoms with Gasteiger partial charge in [0.1, 0.15) is 6.10 Å². The minimum atomic E-state index is -0.686. The van der Waals surface area contributed by atoms with Crippen LogP contribution in [0.4, 0.5) is 0 Å². The minimum Gasteiger partial charge on any atom is -0.481 e. The molecule has 0 aliphatic heterocycles. The maximum atomic E-state index is 12.3. The van der Waals surface area contributed by atoms with E-state index < -0.39 is 5.97 Å². The number of carboxylic acids is 1. The smallest absolute Gasteiger partial charge is 0.306 e. The van der Waals surface area contributed by atoms with E-state index in [9.17, 15) is 9.59 Å². The number of hydrogen-bond donors (Lipinski definition) is 1. The zero-order valence-corrected chi connectivity index (χ0v) is 25.9. The molecule has 1 N–H and O–H groups in total. The molecule has 1 atom stereocenters. The summed E-state index contributed by atoms with van der Waals surface area (Å²) in [6.07, 6.45) is 38.1. The summed E-state index contributed by atoms with van der Waals surface area (Å²) in [5.41, 5.74) is 0. The zero-order chi connectivity index (χ0) is 28.7. The Morgan fingerprint density at radius 2 is 1.05 bits per heavy atom. The summed E-state index contributed by atoms with van der Waals surface area (Å²) >= 11 is 0. The van der Waals surface area contributed by atoms with Crippen LogP contribution in [0.3, 0.4) is 0 Å². The number of ether oxygens (including phenoxy) is 1. The summed E-state index contributed by atoms with van der Waals surface area (Å²) < 4.78 is 5.81. The van der Waals surface area contributed by atoms with E-state index in [0.29, 0.717) is 12.8 Å². The highest BCUT2D eigenvalue weighted by Gasteiger charge is 2.13. The fourth-order valence-corrected chi connectivity index (χ4v) is 4.97. The van der Waals surface area contributed by atoms with Gasteiger partial charge in [-0.3, -0.25) is 9.59 Å². The fourth-order valence-electron chi connectivity index (χ4n) is 4.97. The molecule has 39 heavy (non-hydrogen) atoms. The SMILES string of the molecule is CCCCC/C=C\C/C=C\CCCCCCCCCC(=O)OC(CCC)CCCCCCCCCCC(=O)O. The van der Waals surface area contributed by atoms with E-state index in [4.69, 9.17) is 9.84 Å². The number of carboxylic acid groups (broad SMARTS) is 1. The summed E-state index contributed by atoms with van der Waals surface area (Å²) in [6.45, 7) is 4.41. The Labute approximate surface area is 242 Å². The van der Waals surface area contributed by atoms with Crippen LogP contribution in [0.15, 0.2) is 24.3 Å². The first-order valence-electron chi connectivity index (χ1n) is 16.8. The van der Waals surface area contributed by atoms with E-state index in [1.165, 1.54) is 89.9 Å². The Morgan fingerprint density at radius 1 is 0.564 bits per heavy atom. The van der Waals surface area contributed by atoms with Gasteiger partial charge in [0.25, 0.3) is 0 Å². The van der Waals surface area contributed by atoms with Crippen molar-refractivity contribution in [1.82, 2.24) is 0 Å². The average molecular weight is 549 g/mol. The second-order valence-electron chi connectivity index (χ2n) is 11.3. The Balaban J connectivity index is 3.58. The first kappa shape index (κ1) is 37.4. The monoisotopic (exact) mass is 548 g/mol. The van der Waals surface area contributed by atoms with Gasteiger partial charge in [0, 0.05) is 12.8 Å². The van der Waals surface area contributed by atoms with Crippen molar-refractivity contribution in [3.05, 3.63) is 24.3 Å². The molecule has 0 aromatic heterocycles. The lowest BCUT2D eigenvalue weighted by atomic mass is 10.0. The molecule has 0 fully saturated rings. The van der Waals surface area contributed by atoms with Gasteiger partial charge in [0.2, 0.25) is 0 Å². The normalized spacial score (nSPS) is 12.5. The first-order valence-corrected chi connectivity index (χ1v) is 16.8. The number of hydrogen-bond acceptors (Lipinski definition) is 3. The molecule has 0 amide bonds. The maximum absolute atomic E-state index is 12.3. The van der Waals surface area contributed by atoms with E-state index in [1.807, 2.05) is 0 Å². The van der Waals surface area contributed by atoms with Crippen molar-refractivity contribution in [2.24, 2.45) is 0 Å². The molecule has 0 heterocycles. The molecule has 4 heteroatoms. The number of aliphatic carboxylic acids is 1. The van der Waals surface area contributed by atoms with Gasteiger partial charge in [-0.15, -0.1) is 0 Å². The van der Waals surface area contributed by atoms with Crippen LogP contribution in [0.1, 0.15) is 181 Å². The number of rotatable bonds is 30. The third-order valence-electron chi connectivity index (χ3n) is 7.41. The van der Waals surface area contributed by atoms with E-state index in [1.54, 1.807) is 0 Å². The second kappa shape index (κ2) is 31.0. The number of carbonyl (C=O) groups is 2. The highest BCUT2D eigenvalue weighted by molar-refractivity contribution is 5.69. The summed E-state index contributed by atoms with van der Waals surface area (Å²) in [5.74, 6) is -0.688. The summed E-state index contributed by atoms with van der Waals surface area (Å²) in [7, 11) is 0. The highest BCUT2D eigenvalue weighted by atomic mass is 16.5. The van der Waals surface area contributed by atoms with Crippen LogP contribution < -0.4 is 0 Å². The molecule has 0 aliphatic carbocycles. The lowest BCUT2D eigenvalue weighted by Crippen LogP contribution is -2.18. The third-order valence-corrected chi connectivity index (χ3v) is 7.41. The summed E-state index contributed by atoms with van der Waals surface area (Å²) in [4.78, 5) is 22.8. The number of unbranched alkanes of at least 4 members (excludes halogenated alkanes) is 17. The predicted octanol–water partition coefficient (Wildman–Crippen LogP) is 11.3. The fraction of sp³-hybridized carbons (Fsp3) is 0.829. The summed E-state index contributed by atoms with van der Waals surface area (Å²) in [5, 5.41) is 8.66. The van der Waals surface area contributed by atoms with Crippen LogP contribution in [-0.4, -0.2) is 23.1 Å². The molecule has 228 valence electrons. The lowest BCUT2D eigenvalue weighted by Gasteiger charge is -2.17. The van der Waals surface area contributed by atoms with Crippen LogP contribution in [0, 0.1) is 0 Å². The molecule has 1 unspecified atom stereocenters. The van der Waals surface area contributed by atoms with Gasteiger partial charge in [-0.05, 0) is 64.2 Å². The van der Waals surface area contributed by atoms with Crippen LogP contribution >= 0.6 is 0 Å². The third kappa shape index (κ3) is 30.8. The highest BCUT2D eigenvalue weighted by Crippen LogP contribution is 2.17. The van der Waals surface area contributed by atoms with Crippen LogP contribution in [0.25, 0.3) is 0 Å². The Bertz CT molecular complexity index is 595. The summed E-state index contributed by atoms with van der Waals surface area (Å²) in [6, 6.07) is 0. The number of allylic oxidation sites excluding steroid dienone is 4. The Hall–Kier alpha value is -1.58. The predicted molar refractivity (Wildman–Crippen MR) is 167 cm³/mol. The van der Waals surface area contributed by atoms with E-state index in [2.05, 4.69) is 38.2 Å². The second-order valence-corrected chi connectivity index (χ2v) is 11.3. The largest absolute Gasteiger partial charge is 0.481 e. The molecule has 0 saturated heterocycles. The quantitative estimate of drug-likeness (QED) is 0.0550. The van der Waals surface area contributed by atoms with Gasteiger partial charge in [-0.1, -0.05) is 128 Å². The molecule has 0 rings (SSSR count). The van der Waals surface area contributed by atoms with Gasteiger partial charge < -0.3 is 9.84 Å². The zero-order valence-electron chi connectivity index (χ0n) is 25.9. The van der Waals surface area contributed by atoms with Crippen LogP contribution in [-0.2, 0) is 14.3 Å². The molecule has 0 saturated carbocycles. The van der Waals surface area contributed by atoms with Crippen molar-refractivity contribution < 1.29 is 19.4 Å². The van der Waals surface area contributed by atoms with Crippen molar-refractivity contribution in [2.75, 3.05) is 0 Å². The Morgan fingerprint density at radius 3 is 1.59 bits per heavy atom. The van der Waals surface area contributed by atoms with Crippen molar-refractivity contribution in [3.8, 4) is 0 Å². The molecule has 0 aliphatic rings.